The van der Waals surface area contributed by atoms with E-state index in [-0.39, 0.29) is 16.4 Å². The minimum atomic E-state index is -3.94. The summed E-state index contributed by atoms with van der Waals surface area (Å²) in [5, 5.41) is 0.493. The van der Waals surface area contributed by atoms with Crippen molar-refractivity contribution in [2.75, 3.05) is 24.4 Å². The van der Waals surface area contributed by atoms with Gasteiger partial charge in [-0.25, -0.2) is 8.42 Å². The summed E-state index contributed by atoms with van der Waals surface area (Å²) in [5.41, 5.74) is 0.911. The van der Waals surface area contributed by atoms with Crippen molar-refractivity contribution in [2.45, 2.75) is 31.6 Å². The molecule has 170 valence electrons. The first kappa shape index (κ1) is 23.9. The summed E-state index contributed by atoms with van der Waals surface area (Å²) >= 11 is 5.89. The molecule has 1 aliphatic rings. The fraction of sp³-hybridized carbons (Fsp3) is 0.348. The molecule has 0 aliphatic carbocycles. The molecular formula is C23H26ClN3O4S. The van der Waals surface area contributed by atoms with Crippen molar-refractivity contribution in [1.82, 2.24) is 4.90 Å². The number of rotatable bonds is 8. The molecule has 0 aromatic heterocycles. The predicted octanol–water partition coefficient (Wildman–Crippen LogP) is 4.33. The first-order valence-electron chi connectivity index (χ1n) is 10.5. The largest absolute Gasteiger partial charge is 0.342 e. The van der Waals surface area contributed by atoms with Gasteiger partial charge >= 0.3 is 0 Å². The minimum absolute atomic E-state index is 0.0516. The maximum absolute atomic E-state index is 13.2. The molecule has 0 saturated carbocycles. The van der Waals surface area contributed by atoms with Crippen LogP contribution >= 0.6 is 11.6 Å². The Hall–Kier alpha value is -2.71. The first-order valence-corrected chi connectivity index (χ1v) is 12.3. The van der Waals surface area contributed by atoms with Gasteiger partial charge in [-0.3, -0.25) is 18.9 Å². The van der Waals surface area contributed by atoms with Gasteiger partial charge in [-0.05, 0) is 55.3 Å². The number of hydrogen-bond donors (Lipinski definition) is 0. The highest BCUT2D eigenvalue weighted by molar-refractivity contribution is 7.92. The van der Waals surface area contributed by atoms with Gasteiger partial charge in [0.15, 0.2) is 5.78 Å². The zero-order chi connectivity index (χ0) is 23.5. The van der Waals surface area contributed by atoms with Gasteiger partial charge in [-0.1, -0.05) is 25.4 Å². The van der Waals surface area contributed by atoms with E-state index in [0.29, 0.717) is 29.5 Å². The smallest absolute Gasteiger partial charge is 0.264 e. The molecule has 32 heavy (non-hydrogen) atoms. The fourth-order valence-corrected chi connectivity index (χ4v) is 4.92. The Balaban J connectivity index is 1.93. The van der Waals surface area contributed by atoms with E-state index in [4.69, 9.17) is 11.6 Å². The Bertz CT molecular complexity index is 1140. The van der Waals surface area contributed by atoms with Crippen LogP contribution < -0.4 is 4.31 Å². The standard InChI is InChI=1S/C23H26ClN3O4S/c1-4-12-27(13-5-2)23(29)20-15-25-21-11-10-18(14-19(21)22(20)28)32(30,31)26(3)17-8-6-16(24)7-9-17/h6-11,14-15,20H,4-5,12-13H2,1-3H3. The molecule has 0 saturated heterocycles. The lowest BCUT2D eigenvalue weighted by Crippen LogP contribution is -2.42. The highest BCUT2D eigenvalue weighted by Gasteiger charge is 2.34. The summed E-state index contributed by atoms with van der Waals surface area (Å²) in [4.78, 5) is 32.0. The molecule has 9 heteroatoms. The van der Waals surface area contributed by atoms with E-state index in [1.807, 2.05) is 13.8 Å². The molecule has 0 spiro atoms. The van der Waals surface area contributed by atoms with Gasteiger partial charge in [0.25, 0.3) is 10.0 Å². The van der Waals surface area contributed by atoms with Crippen LogP contribution in [0.4, 0.5) is 11.4 Å². The number of fused-ring (bicyclic) bond motifs is 1. The molecule has 3 rings (SSSR count). The van der Waals surface area contributed by atoms with Crippen LogP contribution in [0.3, 0.4) is 0 Å². The van der Waals surface area contributed by atoms with Gasteiger partial charge in [0.05, 0.1) is 16.3 Å². The van der Waals surface area contributed by atoms with Crippen LogP contribution in [-0.4, -0.2) is 51.4 Å². The lowest BCUT2D eigenvalue weighted by atomic mass is 9.93. The number of nitrogens with zero attached hydrogens (tertiary/aromatic N) is 3. The minimum Gasteiger partial charge on any atom is -0.342 e. The fourth-order valence-electron chi connectivity index (χ4n) is 3.57. The van der Waals surface area contributed by atoms with Gasteiger partial charge in [0, 0.05) is 36.9 Å². The number of anilines is 1. The molecule has 1 aliphatic heterocycles. The molecule has 2 aromatic carbocycles. The van der Waals surface area contributed by atoms with Crippen LogP contribution in [0.2, 0.25) is 5.02 Å². The summed E-state index contributed by atoms with van der Waals surface area (Å²) in [6.07, 6.45) is 2.92. The first-order chi connectivity index (χ1) is 15.2. The van der Waals surface area contributed by atoms with Crippen molar-refractivity contribution in [3.63, 3.8) is 0 Å². The lowest BCUT2D eigenvalue weighted by Gasteiger charge is -2.26. The number of halogens is 1. The van der Waals surface area contributed by atoms with E-state index in [9.17, 15) is 18.0 Å². The molecule has 1 amide bonds. The molecule has 0 bridgehead atoms. The molecular weight excluding hydrogens is 450 g/mol. The average molecular weight is 476 g/mol. The maximum atomic E-state index is 13.2. The number of carbonyl (C=O) groups excluding carboxylic acids is 2. The van der Waals surface area contributed by atoms with Crippen molar-refractivity contribution in [3.8, 4) is 0 Å². The third-order valence-corrected chi connectivity index (χ3v) is 7.33. The molecule has 7 nitrogen and oxygen atoms in total. The number of amides is 1. The zero-order valence-electron chi connectivity index (χ0n) is 18.3. The Kier molecular flexibility index (Phi) is 7.36. The van der Waals surface area contributed by atoms with E-state index in [0.717, 1.165) is 17.1 Å². The third-order valence-electron chi connectivity index (χ3n) is 5.29. The number of Topliss-reactive ketones (excluding diaryl/α,β-unsaturated/α-hetero) is 1. The summed E-state index contributed by atoms with van der Waals surface area (Å²) in [5.74, 6) is -1.80. The van der Waals surface area contributed by atoms with E-state index in [2.05, 4.69) is 4.99 Å². The van der Waals surface area contributed by atoms with Gasteiger partial charge in [0.1, 0.15) is 5.92 Å². The Labute approximate surface area is 193 Å². The second-order valence-electron chi connectivity index (χ2n) is 7.57. The van der Waals surface area contributed by atoms with E-state index >= 15 is 0 Å². The number of hydrogen-bond acceptors (Lipinski definition) is 5. The van der Waals surface area contributed by atoms with Crippen LogP contribution in [0, 0.1) is 5.92 Å². The van der Waals surface area contributed by atoms with E-state index < -0.39 is 21.7 Å². The zero-order valence-corrected chi connectivity index (χ0v) is 19.9. The van der Waals surface area contributed by atoms with Crippen molar-refractivity contribution in [2.24, 2.45) is 10.9 Å². The monoisotopic (exact) mass is 475 g/mol. The Morgan fingerprint density at radius 2 is 1.69 bits per heavy atom. The molecule has 0 fully saturated rings. The van der Waals surface area contributed by atoms with Crippen LogP contribution in [0.5, 0.6) is 0 Å². The highest BCUT2D eigenvalue weighted by atomic mass is 35.5. The predicted molar refractivity (Wildman–Crippen MR) is 127 cm³/mol. The number of benzene rings is 2. The lowest BCUT2D eigenvalue weighted by molar-refractivity contribution is -0.132. The third kappa shape index (κ3) is 4.71. The topological polar surface area (TPSA) is 87.1 Å². The SMILES string of the molecule is CCCN(CCC)C(=O)C1C=Nc2ccc(S(=O)(=O)N(C)c3ccc(Cl)cc3)cc2C1=O. The van der Waals surface area contributed by atoms with Crippen molar-refractivity contribution >= 4 is 50.9 Å². The number of aliphatic imine (C=N–C) groups is 1. The normalized spacial score (nSPS) is 15.4. The molecule has 1 unspecified atom stereocenters. The number of sulfonamides is 1. The van der Waals surface area contributed by atoms with Gasteiger partial charge < -0.3 is 4.90 Å². The summed E-state index contributed by atoms with van der Waals surface area (Å²) in [7, 11) is -2.51. The Morgan fingerprint density at radius 1 is 1.06 bits per heavy atom. The molecule has 1 heterocycles. The second-order valence-corrected chi connectivity index (χ2v) is 9.98. The van der Waals surface area contributed by atoms with Crippen molar-refractivity contribution in [1.29, 1.82) is 0 Å². The van der Waals surface area contributed by atoms with Crippen LogP contribution in [-0.2, 0) is 14.8 Å². The quantitative estimate of drug-likeness (QED) is 0.532. The summed E-state index contributed by atoms with van der Waals surface area (Å²) in [6.45, 7) is 5.04. The Morgan fingerprint density at radius 3 is 2.28 bits per heavy atom. The van der Waals surface area contributed by atoms with E-state index in [1.165, 1.54) is 31.5 Å². The maximum Gasteiger partial charge on any atom is 0.264 e. The van der Waals surface area contributed by atoms with Crippen molar-refractivity contribution < 1.29 is 18.0 Å². The van der Waals surface area contributed by atoms with Crippen molar-refractivity contribution in [3.05, 3.63) is 53.1 Å². The molecule has 2 aromatic rings. The van der Waals surface area contributed by atoms with Crippen LogP contribution in [0.25, 0.3) is 0 Å². The molecule has 0 N–H and O–H groups in total. The number of ketones is 1. The highest BCUT2D eigenvalue weighted by Crippen LogP contribution is 2.31. The summed E-state index contributed by atoms with van der Waals surface area (Å²) in [6, 6.07) is 10.6. The van der Waals surface area contributed by atoms with Gasteiger partial charge in [0.2, 0.25) is 5.91 Å². The second kappa shape index (κ2) is 9.83. The van der Waals surface area contributed by atoms with E-state index in [1.54, 1.807) is 29.2 Å². The van der Waals surface area contributed by atoms with Crippen LogP contribution in [0.1, 0.15) is 37.0 Å². The molecule has 1 atom stereocenters. The van der Waals surface area contributed by atoms with Gasteiger partial charge in [-0.2, -0.15) is 0 Å². The van der Waals surface area contributed by atoms with Crippen LogP contribution in [0.15, 0.2) is 52.4 Å². The number of carbonyl (C=O) groups is 2. The average Bonchev–Trinajstić information content (AvgIpc) is 2.78. The van der Waals surface area contributed by atoms with Gasteiger partial charge in [-0.15, -0.1) is 0 Å². The molecule has 0 radical (unpaired) electrons. The summed E-state index contributed by atoms with van der Waals surface area (Å²) < 4.78 is 27.5.